The number of amides is 1. The number of carbonyl (C=O) groups excluding carboxylic acids is 1. The standard InChI is InChI=1S/C26H31N7O2/c1-35-22-5-2-4-20(18-22)23-6-3-7-24-30-26(31-33(23)24)29-21-10-8-19(9-11-21)25(34)28-14-17-32-15-12-27-13-16-32/h2-11,18,26-27,29,31H,12-17H2,1H3,(H,28,34). The van der Waals surface area contributed by atoms with Crippen molar-refractivity contribution in [3.05, 3.63) is 77.9 Å². The van der Waals surface area contributed by atoms with Crippen molar-refractivity contribution in [2.45, 2.75) is 6.29 Å². The van der Waals surface area contributed by atoms with Crippen molar-refractivity contribution >= 4 is 23.1 Å². The van der Waals surface area contributed by atoms with Gasteiger partial charge in [-0.05, 0) is 48.6 Å². The minimum atomic E-state index is -0.333. The highest BCUT2D eigenvalue weighted by atomic mass is 16.5. The van der Waals surface area contributed by atoms with Crippen molar-refractivity contribution in [2.75, 3.05) is 51.7 Å². The molecule has 0 spiro atoms. The third-order valence-electron chi connectivity index (χ3n) is 6.22. The Morgan fingerprint density at radius 2 is 2.00 bits per heavy atom. The van der Waals surface area contributed by atoms with Gasteiger partial charge >= 0.3 is 0 Å². The number of carbonyl (C=O) groups is 1. The molecule has 2 aromatic rings. The van der Waals surface area contributed by atoms with E-state index in [1.165, 1.54) is 0 Å². The molecule has 4 N–H and O–H groups in total. The zero-order chi connectivity index (χ0) is 24.0. The Balaban J connectivity index is 1.15. The van der Waals surface area contributed by atoms with E-state index in [4.69, 9.17) is 9.73 Å². The third-order valence-corrected chi connectivity index (χ3v) is 6.22. The molecule has 2 aromatic carbocycles. The van der Waals surface area contributed by atoms with E-state index in [1.807, 2.05) is 71.8 Å². The van der Waals surface area contributed by atoms with E-state index in [0.717, 1.165) is 61.3 Å². The Morgan fingerprint density at radius 1 is 1.17 bits per heavy atom. The van der Waals surface area contributed by atoms with E-state index in [1.54, 1.807) is 7.11 Å². The molecule has 5 rings (SSSR count). The highest BCUT2D eigenvalue weighted by Gasteiger charge is 2.28. The van der Waals surface area contributed by atoms with Gasteiger partial charge in [-0.3, -0.25) is 14.7 Å². The van der Waals surface area contributed by atoms with E-state index in [0.29, 0.717) is 12.1 Å². The van der Waals surface area contributed by atoms with Crippen LogP contribution in [0.1, 0.15) is 15.9 Å². The summed E-state index contributed by atoms with van der Waals surface area (Å²) in [7, 11) is 1.66. The van der Waals surface area contributed by atoms with Crippen molar-refractivity contribution in [3.8, 4) is 5.75 Å². The van der Waals surface area contributed by atoms with Gasteiger partial charge in [-0.1, -0.05) is 18.2 Å². The largest absolute Gasteiger partial charge is 0.497 e. The van der Waals surface area contributed by atoms with Crippen molar-refractivity contribution < 1.29 is 9.53 Å². The van der Waals surface area contributed by atoms with Gasteiger partial charge in [-0.15, -0.1) is 0 Å². The van der Waals surface area contributed by atoms with Crippen molar-refractivity contribution in [1.29, 1.82) is 0 Å². The number of aliphatic imine (C=N–C) groups is 1. The number of hydrogen-bond acceptors (Lipinski definition) is 8. The first kappa shape index (κ1) is 23.1. The molecule has 9 heteroatoms. The van der Waals surface area contributed by atoms with Crippen molar-refractivity contribution in [3.63, 3.8) is 0 Å². The molecule has 35 heavy (non-hydrogen) atoms. The van der Waals surface area contributed by atoms with Gasteiger partial charge in [-0.2, -0.15) is 5.43 Å². The van der Waals surface area contributed by atoms with E-state index in [9.17, 15) is 4.79 Å². The number of piperazine rings is 1. The number of allylic oxidation sites excluding steroid dienone is 2. The first-order valence-corrected chi connectivity index (χ1v) is 11.9. The maximum absolute atomic E-state index is 12.5. The molecule has 1 atom stereocenters. The molecule has 0 radical (unpaired) electrons. The molecule has 1 fully saturated rings. The van der Waals surface area contributed by atoms with Crippen molar-refractivity contribution in [1.82, 2.24) is 26.0 Å². The monoisotopic (exact) mass is 473 g/mol. The fourth-order valence-electron chi connectivity index (χ4n) is 4.33. The summed E-state index contributed by atoms with van der Waals surface area (Å²) in [4.78, 5) is 19.6. The summed E-state index contributed by atoms with van der Waals surface area (Å²) in [6, 6.07) is 15.4. The number of ether oxygens (including phenoxy) is 1. The number of hydrogen-bond donors (Lipinski definition) is 4. The highest BCUT2D eigenvalue weighted by molar-refractivity contribution is 6.02. The maximum Gasteiger partial charge on any atom is 0.251 e. The predicted octanol–water partition coefficient (Wildman–Crippen LogP) is 1.86. The molecule has 0 aliphatic carbocycles. The lowest BCUT2D eigenvalue weighted by atomic mass is 10.1. The summed E-state index contributed by atoms with van der Waals surface area (Å²) in [5.41, 5.74) is 6.93. The quantitative estimate of drug-likeness (QED) is 0.465. The minimum absolute atomic E-state index is 0.0544. The van der Waals surface area contributed by atoms with Crippen LogP contribution in [-0.4, -0.2) is 74.3 Å². The molecule has 3 aliphatic heterocycles. The van der Waals surface area contributed by atoms with Gasteiger partial charge < -0.3 is 20.7 Å². The minimum Gasteiger partial charge on any atom is -0.497 e. The van der Waals surface area contributed by atoms with Crippen LogP contribution in [0, 0.1) is 0 Å². The van der Waals surface area contributed by atoms with Crippen LogP contribution in [0.25, 0.3) is 5.70 Å². The summed E-state index contributed by atoms with van der Waals surface area (Å²) in [5, 5.41) is 11.7. The highest BCUT2D eigenvalue weighted by Crippen LogP contribution is 2.27. The lowest BCUT2D eigenvalue weighted by Crippen LogP contribution is -2.46. The smallest absolute Gasteiger partial charge is 0.251 e. The summed E-state index contributed by atoms with van der Waals surface area (Å²) in [6.45, 7) is 5.60. The molecule has 0 bridgehead atoms. The van der Waals surface area contributed by atoms with E-state index in [-0.39, 0.29) is 12.2 Å². The van der Waals surface area contributed by atoms with E-state index in [2.05, 4.69) is 26.3 Å². The Kier molecular flexibility index (Phi) is 7.08. The summed E-state index contributed by atoms with van der Waals surface area (Å²) >= 11 is 0. The van der Waals surface area contributed by atoms with Gasteiger partial charge in [-0.25, -0.2) is 4.99 Å². The maximum atomic E-state index is 12.5. The lowest BCUT2D eigenvalue weighted by molar-refractivity contribution is 0.0947. The SMILES string of the molecule is COc1cccc(C2=CC=CC3=NC(Nc4ccc(C(=O)NCCN5CCNCC5)cc4)NN23)c1. The fraction of sp³-hybridized carbons (Fsp3) is 0.308. The molecular formula is C26H31N7O2. The summed E-state index contributed by atoms with van der Waals surface area (Å²) < 4.78 is 5.37. The second-order valence-corrected chi connectivity index (χ2v) is 8.57. The fourth-order valence-corrected chi connectivity index (χ4v) is 4.33. The number of hydrazine groups is 1. The number of methoxy groups -OCH3 is 1. The third kappa shape index (κ3) is 5.54. The zero-order valence-corrected chi connectivity index (χ0v) is 19.8. The van der Waals surface area contributed by atoms with Crippen LogP contribution in [0.5, 0.6) is 5.75 Å². The normalized spacial score (nSPS) is 19.6. The van der Waals surface area contributed by atoms with Crippen LogP contribution < -0.4 is 26.1 Å². The van der Waals surface area contributed by atoms with Crippen molar-refractivity contribution in [2.24, 2.45) is 4.99 Å². The molecule has 9 nitrogen and oxygen atoms in total. The zero-order valence-electron chi connectivity index (χ0n) is 19.8. The van der Waals surface area contributed by atoms with Gasteiger partial charge in [0.25, 0.3) is 5.91 Å². The van der Waals surface area contributed by atoms with Gasteiger partial charge in [0.15, 0.2) is 6.29 Å². The van der Waals surface area contributed by atoms with E-state index < -0.39 is 0 Å². The molecule has 0 aromatic heterocycles. The number of amidine groups is 1. The molecular weight excluding hydrogens is 442 g/mol. The predicted molar refractivity (Wildman–Crippen MR) is 138 cm³/mol. The Labute approximate surface area is 205 Å². The first-order chi connectivity index (χ1) is 17.2. The molecule has 1 unspecified atom stereocenters. The van der Waals surface area contributed by atoms with Gasteiger partial charge in [0.2, 0.25) is 0 Å². The van der Waals surface area contributed by atoms with Gasteiger partial charge in [0.05, 0.1) is 12.8 Å². The van der Waals surface area contributed by atoms with Gasteiger partial charge in [0, 0.05) is 56.1 Å². The first-order valence-electron chi connectivity index (χ1n) is 11.9. The molecule has 1 amide bonds. The number of nitrogens with one attached hydrogen (secondary N) is 4. The Hall–Kier alpha value is -3.66. The van der Waals surface area contributed by atoms with Crippen LogP contribution in [0.2, 0.25) is 0 Å². The topological polar surface area (TPSA) is 93.3 Å². The van der Waals surface area contributed by atoms with Crippen LogP contribution in [0.4, 0.5) is 5.69 Å². The summed E-state index contributed by atoms with van der Waals surface area (Å²) in [5.74, 6) is 1.57. The number of rotatable bonds is 8. The molecule has 0 saturated carbocycles. The average Bonchev–Trinajstić information content (AvgIpc) is 3.32. The van der Waals surface area contributed by atoms with Crippen LogP contribution in [0.3, 0.4) is 0 Å². The Bertz CT molecular complexity index is 1140. The number of nitrogens with zero attached hydrogens (tertiary/aromatic N) is 3. The van der Waals surface area contributed by atoms with Crippen LogP contribution in [-0.2, 0) is 0 Å². The summed E-state index contributed by atoms with van der Waals surface area (Å²) in [6.07, 6.45) is 5.66. The number of fused-ring (bicyclic) bond motifs is 1. The Morgan fingerprint density at radius 3 is 2.80 bits per heavy atom. The number of benzene rings is 2. The molecule has 3 heterocycles. The van der Waals surface area contributed by atoms with Gasteiger partial charge in [0.1, 0.15) is 11.6 Å². The van der Waals surface area contributed by atoms with Crippen LogP contribution in [0.15, 0.2) is 71.8 Å². The van der Waals surface area contributed by atoms with E-state index >= 15 is 0 Å². The second-order valence-electron chi connectivity index (χ2n) is 8.57. The molecule has 182 valence electrons. The lowest BCUT2D eigenvalue weighted by Gasteiger charge is -2.27. The van der Waals surface area contributed by atoms with Crippen LogP contribution >= 0.6 is 0 Å². The second kappa shape index (κ2) is 10.7. The number of anilines is 1. The molecule has 3 aliphatic rings. The molecule has 1 saturated heterocycles. The average molecular weight is 474 g/mol.